The molecule has 1 saturated carbocycles. The van der Waals surface area contributed by atoms with Gasteiger partial charge in [-0.25, -0.2) is 8.42 Å². The third-order valence-electron chi connectivity index (χ3n) is 3.50. The number of sulfonamides is 1. The fourth-order valence-electron chi connectivity index (χ4n) is 2.61. The van der Waals surface area contributed by atoms with Crippen molar-refractivity contribution >= 4 is 15.8 Å². The summed E-state index contributed by atoms with van der Waals surface area (Å²) in [6.07, 6.45) is 5.35. The summed E-state index contributed by atoms with van der Waals surface area (Å²) >= 11 is 0. The highest BCUT2D eigenvalue weighted by molar-refractivity contribution is 7.89. The zero-order valence-corrected chi connectivity index (χ0v) is 12.3. The molecule has 1 heterocycles. The Labute approximate surface area is 114 Å². The second kappa shape index (κ2) is 5.50. The van der Waals surface area contributed by atoms with Crippen LogP contribution in [0, 0.1) is 5.92 Å². The van der Waals surface area contributed by atoms with E-state index in [-0.39, 0.29) is 22.7 Å². The van der Waals surface area contributed by atoms with Crippen molar-refractivity contribution in [2.45, 2.75) is 50.5 Å². The number of aromatic nitrogens is 2. The molecule has 1 aliphatic carbocycles. The number of nitrogens with zero attached hydrogens (tertiary/aromatic N) is 2. The molecule has 0 unspecified atom stereocenters. The average Bonchev–Trinajstić information content (AvgIpc) is 2.95. The first-order valence-corrected chi connectivity index (χ1v) is 8.17. The van der Waals surface area contributed by atoms with Crippen LogP contribution in [0.1, 0.15) is 39.5 Å². The van der Waals surface area contributed by atoms with Gasteiger partial charge < -0.3 is 5.73 Å². The van der Waals surface area contributed by atoms with Gasteiger partial charge in [-0.1, -0.05) is 26.7 Å². The maximum atomic E-state index is 12.7. The largest absolute Gasteiger partial charge is 0.383 e. The van der Waals surface area contributed by atoms with Crippen molar-refractivity contribution in [3.8, 4) is 0 Å². The molecule has 1 aromatic heterocycles. The van der Waals surface area contributed by atoms with Gasteiger partial charge in [-0.3, -0.25) is 5.10 Å². The maximum absolute atomic E-state index is 12.7. The number of H-pyrrole nitrogens is 1. The van der Waals surface area contributed by atoms with Crippen LogP contribution in [0.25, 0.3) is 0 Å². The number of nitrogens with one attached hydrogen (secondary N) is 1. The molecule has 0 amide bonds. The maximum Gasteiger partial charge on any atom is 0.248 e. The van der Waals surface area contributed by atoms with Crippen molar-refractivity contribution in [1.29, 1.82) is 0 Å². The molecule has 0 atom stereocenters. The van der Waals surface area contributed by atoms with E-state index in [9.17, 15) is 8.42 Å². The first-order valence-electron chi connectivity index (χ1n) is 6.73. The monoisotopic (exact) mass is 286 g/mol. The lowest BCUT2D eigenvalue weighted by Gasteiger charge is -2.29. The van der Waals surface area contributed by atoms with E-state index in [1.54, 1.807) is 4.31 Å². The molecular formula is C12H22N4O2S. The van der Waals surface area contributed by atoms with E-state index in [1.807, 2.05) is 13.8 Å². The minimum atomic E-state index is -3.55. The Balaban J connectivity index is 2.34. The van der Waals surface area contributed by atoms with Gasteiger partial charge >= 0.3 is 0 Å². The van der Waals surface area contributed by atoms with E-state index < -0.39 is 10.0 Å². The molecule has 6 nitrogen and oxygen atoms in total. The smallest absolute Gasteiger partial charge is 0.248 e. The second-order valence-electron chi connectivity index (χ2n) is 5.55. The fourth-order valence-corrected chi connectivity index (χ4v) is 4.47. The highest BCUT2D eigenvalue weighted by Gasteiger charge is 2.35. The minimum absolute atomic E-state index is 0.0973. The molecule has 0 aromatic carbocycles. The summed E-state index contributed by atoms with van der Waals surface area (Å²) < 4.78 is 27.1. The van der Waals surface area contributed by atoms with E-state index >= 15 is 0 Å². The Morgan fingerprint density at radius 2 is 2.11 bits per heavy atom. The zero-order chi connectivity index (χ0) is 14.0. The number of anilines is 1. The van der Waals surface area contributed by atoms with Gasteiger partial charge in [-0.05, 0) is 18.8 Å². The minimum Gasteiger partial charge on any atom is -0.383 e. The van der Waals surface area contributed by atoms with Gasteiger partial charge in [0.1, 0.15) is 10.7 Å². The lowest BCUT2D eigenvalue weighted by Crippen LogP contribution is -2.41. The molecule has 0 aliphatic heterocycles. The summed E-state index contributed by atoms with van der Waals surface area (Å²) in [5.41, 5.74) is 5.67. The summed E-state index contributed by atoms with van der Waals surface area (Å²) in [5.74, 6) is 0.398. The molecule has 0 saturated heterocycles. The van der Waals surface area contributed by atoms with Gasteiger partial charge in [0.25, 0.3) is 0 Å². The van der Waals surface area contributed by atoms with E-state index in [0.29, 0.717) is 6.54 Å². The highest BCUT2D eigenvalue weighted by Crippen LogP contribution is 2.30. The van der Waals surface area contributed by atoms with Gasteiger partial charge in [0.05, 0.1) is 6.20 Å². The Morgan fingerprint density at radius 1 is 1.47 bits per heavy atom. The van der Waals surface area contributed by atoms with Gasteiger partial charge in [0.15, 0.2) is 0 Å². The van der Waals surface area contributed by atoms with Crippen LogP contribution < -0.4 is 5.73 Å². The lowest BCUT2D eigenvalue weighted by molar-refractivity contribution is 0.292. The molecule has 3 N–H and O–H groups in total. The number of nitrogens with two attached hydrogens (primary N) is 1. The molecule has 0 spiro atoms. The van der Waals surface area contributed by atoms with Crippen LogP contribution in [-0.4, -0.2) is 35.5 Å². The van der Waals surface area contributed by atoms with Crippen LogP contribution in [-0.2, 0) is 10.0 Å². The Bertz CT molecular complexity index is 518. The van der Waals surface area contributed by atoms with Gasteiger partial charge in [-0.2, -0.15) is 9.40 Å². The molecule has 1 fully saturated rings. The van der Waals surface area contributed by atoms with Crippen LogP contribution in [0.2, 0.25) is 0 Å². The van der Waals surface area contributed by atoms with Crippen molar-refractivity contribution in [2.75, 3.05) is 12.3 Å². The Hall–Kier alpha value is -1.08. The predicted molar refractivity (Wildman–Crippen MR) is 74.0 cm³/mol. The number of rotatable bonds is 5. The van der Waals surface area contributed by atoms with Crippen molar-refractivity contribution in [3.63, 3.8) is 0 Å². The van der Waals surface area contributed by atoms with Crippen LogP contribution in [0.5, 0.6) is 0 Å². The number of hydrogen-bond acceptors (Lipinski definition) is 4. The zero-order valence-electron chi connectivity index (χ0n) is 11.5. The summed E-state index contributed by atoms with van der Waals surface area (Å²) in [5, 5.41) is 6.22. The standard InChI is InChI=1S/C12H22N4O2S/c1-9(2)8-16(10-5-3-4-6-10)19(17,18)11-7-14-15-12(11)13/h7,9-10H,3-6,8H2,1-2H3,(H3,13,14,15). The Morgan fingerprint density at radius 3 is 2.58 bits per heavy atom. The first kappa shape index (κ1) is 14.3. The molecule has 1 aromatic rings. The third-order valence-corrected chi connectivity index (χ3v) is 5.44. The summed E-state index contributed by atoms with van der Waals surface area (Å²) in [7, 11) is -3.55. The Kier molecular flexibility index (Phi) is 4.15. The topological polar surface area (TPSA) is 92.1 Å². The summed E-state index contributed by atoms with van der Waals surface area (Å²) in [4.78, 5) is 0.0973. The second-order valence-corrected chi connectivity index (χ2v) is 7.41. The fraction of sp³-hybridized carbons (Fsp3) is 0.750. The van der Waals surface area contributed by atoms with Crippen molar-refractivity contribution in [1.82, 2.24) is 14.5 Å². The van der Waals surface area contributed by atoms with E-state index in [4.69, 9.17) is 5.73 Å². The molecule has 1 aliphatic rings. The number of nitrogen functional groups attached to an aromatic ring is 1. The van der Waals surface area contributed by atoms with Crippen molar-refractivity contribution < 1.29 is 8.42 Å². The molecular weight excluding hydrogens is 264 g/mol. The van der Waals surface area contributed by atoms with E-state index in [1.165, 1.54) is 6.20 Å². The summed E-state index contributed by atoms with van der Waals surface area (Å²) in [6.45, 7) is 4.57. The van der Waals surface area contributed by atoms with Crippen molar-refractivity contribution in [3.05, 3.63) is 6.20 Å². The SMILES string of the molecule is CC(C)CN(C1CCCC1)S(=O)(=O)c1cn[nH]c1N. The lowest BCUT2D eigenvalue weighted by atomic mass is 10.2. The van der Waals surface area contributed by atoms with Crippen LogP contribution in [0.15, 0.2) is 11.1 Å². The normalized spacial score (nSPS) is 17.7. The van der Waals surface area contributed by atoms with E-state index in [0.717, 1.165) is 25.7 Å². The first-order chi connectivity index (χ1) is 8.93. The summed E-state index contributed by atoms with van der Waals surface area (Å²) in [6, 6.07) is 0.0988. The number of aromatic amines is 1. The molecule has 19 heavy (non-hydrogen) atoms. The van der Waals surface area contributed by atoms with Crippen LogP contribution in [0.4, 0.5) is 5.82 Å². The average molecular weight is 286 g/mol. The number of hydrogen-bond donors (Lipinski definition) is 2. The highest BCUT2D eigenvalue weighted by atomic mass is 32.2. The van der Waals surface area contributed by atoms with E-state index in [2.05, 4.69) is 10.2 Å². The molecule has 7 heteroatoms. The molecule has 108 valence electrons. The quantitative estimate of drug-likeness (QED) is 0.859. The van der Waals surface area contributed by atoms with Crippen LogP contribution >= 0.6 is 0 Å². The molecule has 2 rings (SSSR count). The van der Waals surface area contributed by atoms with Gasteiger partial charge in [0, 0.05) is 12.6 Å². The van der Waals surface area contributed by atoms with Crippen molar-refractivity contribution in [2.24, 2.45) is 5.92 Å². The third kappa shape index (κ3) is 2.92. The predicted octanol–water partition coefficient (Wildman–Crippen LogP) is 1.58. The molecule has 0 bridgehead atoms. The van der Waals surface area contributed by atoms with Crippen LogP contribution in [0.3, 0.4) is 0 Å². The van der Waals surface area contributed by atoms with Gasteiger partial charge in [0.2, 0.25) is 10.0 Å². The van der Waals surface area contributed by atoms with Gasteiger partial charge in [-0.15, -0.1) is 0 Å². The molecule has 0 radical (unpaired) electrons.